The van der Waals surface area contributed by atoms with Crippen LogP contribution in [0.2, 0.25) is 0 Å². The van der Waals surface area contributed by atoms with E-state index in [9.17, 15) is 20.0 Å². The fraction of sp³-hybridized carbons (Fsp3) is 0. The highest BCUT2D eigenvalue weighted by atomic mass is 127. The van der Waals surface area contributed by atoms with Crippen LogP contribution in [0.1, 0.15) is 10.4 Å². The summed E-state index contributed by atoms with van der Waals surface area (Å²) in [7, 11) is 0. The standard InChI is InChI=1S/C11H7IN2O4S/c12-10-3-6(5-19-10)11(16)13-8-4-7(14(17)18)1-2-9(8)15/h1-5,15H,(H,13,16). The number of phenolic OH excluding ortho intramolecular Hbond substituents is 1. The number of nitro benzene ring substituents is 1. The number of benzene rings is 1. The molecular weight excluding hydrogens is 383 g/mol. The number of halogens is 1. The molecule has 2 rings (SSSR count). The van der Waals surface area contributed by atoms with Crippen molar-refractivity contribution in [2.45, 2.75) is 0 Å². The van der Waals surface area contributed by atoms with E-state index in [1.165, 1.54) is 23.5 Å². The molecule has 98 valence electrons. The van der Waals surface area contributed by atoms with E-state index in [4.69, 9.17) is 0 Å². The minimum Gasteiger partial charge on any atom is -0.506 e. The molecule has 0 saturated heterocycles. The highest BCUT2D eigenvalue weighted by Crippen LogP contribution is 2.28. The molecule has 2 N–H and O–H groups in total. The van der Waals surface area contributed by atoms with Crippen LogP contribution >= 0.6 is 33.9 Å². The number of rotatable bonds is 3. The van der Waals surface area contributed by atoms with Gasteiger partial charge in [-0.05, 0) is 34.7 Å². The Morgan fingerprint density at radius 2 is 2.16 bits per heavy atom. The van der Waals surface area contributed by atoms with E-state index in [-0.39, 0.29) is 17.1 Å². The molecule has 1 heterocycles. The number of nitro groups is 1. The van der Waals surface area contributed by atoms with Gasteiger partial charge in [0.25, 0.3) is 11.6 Å². The Bertz CT molecular complexity index is 656. The molecule has 0 spiro atoms. The SMILES string of the molecule is O=C(Nc1cc([N+](=O)[O-])ccc1O)c1csc(I)c1. The minimum absolute atomic E-state index is 0.0143. The van der Waals surface area contributed by atoms with Crippen molar-refractivity contribution in [2.24, 2.45) is 0 Å². The van der Waals surface area contributed by atoms with Crippen molar-refractivity contribution in [1.82, 2.24) is 0 Å². The normalized spacial score (nSPS) is 10.2. The number of non-ortho nitro benzene ring substituents is 1. The summed E-state index contributed by atoms with van der Waals surface area (Å²) >= 11 is 3.50. The van der Waals surface area contributed by atoms with Crippen molar-refractivity contribution in [1.29, 1.82) is 0 Å². The Morgan fingerprint density at radius 3 is 2.74 bits per heavy atom. The quantitative estimate of drug-likeness (QED) is 0.364. The molecule has 8 heteroatoms. The van der Waals surface area contributed by atoms with E-state index < -0.39 is 10.8 Å². The number of phenols is 1. The Labute approximate surface area is 125 Å². The fourth-order valence-corrected chi connectivity index (χ4v) is 2.69. The predicted molar refractivity (Wildman–Crippen MR) is 79.8 cm³/mol. The Kier molecular flexibility index (Phi) is 4.00. The number of nitrogens with zero attached hydrogens (tertiary/aromatic N) is 1. The van der Waals surface area contributed by atoms with Crippen LogP contribution in [-0.2, 0) is 0 Å². The number of hydrogen-bond acceptors (Lipinski definition) is 5. The predicted octanol–water partition coefficient (Wildman–Crippen LogP) is 3.22. The van der Waals surface area contributed by atoms with Gasteiger partial charge in [-0.3, -0.25) is 14.9 Å². The van der Waals surface area contributed by atoms with Gasteiger partial charge in [0.15, 0.2) is 0 Å². The molecule has 6 nitrogen and oxygen atoms in total. The van der Waals surface area contributed by atoms with Crippen LogP contribution in [0, 0.1) is 13.0 Å². The summed E-state index contributed by atoms with van der Waals surface area (Å²) in [4.78, 5) is 21.9. The molecule has 19 heavy (non-hydrogen) atoms. The van der Waals surface area contributed by atoms with Crippen LogP contribution in [-0.4, -0.2) is 15.9 Å². The zero-order valence-electron chi connectivity index (χ0n) is 9.29. The van der Waals surface area contributed by atoms with Gasteiger partial charge in [0.05, 0.1) is 19.1 Å². The average Bonchev–Trinajstić information content (AvgIpc) is 2.78. The van der Waals surface area contributed by atoms with E-state index in [2.05, 4.69) is 27.9 Å². The van der Waals surface area contributed by atoms with Crippen molar-refractivity contribution in [3.63, 3.8) is 0 Å². The molecular formula is C11H7IN2O4S. The first kappa shape index (κ1) is 13.7. The number of hydrogen-bond donors (Lipinski definition) is 2. The van der Waals surface area contributed by atoms with Crippen molar-refractivity contribution >= 4 is 51.2 Å². The molecule has 1 amide bonds. The van der Waals surface area contributed by atoms with Gasteiger partial charge in [0.1, 0.15) is 5.75 Å². The molecule has 0 saturated carbocycles. The Hall–Kier alpha value is -1.68. The summed E-state index contributed by atoms with van der Waals surface area (Å²) < 4.78 is 0.950. The fourth-order valence-electron chi connectivity index (χ4n) is 1.36. The second-order valence-electron chi connectivity index (χ2n) is 3.55. The average molecular weight is 390 g/mol. The van der Waals surface area contributed by atoms with Gasteiger partial charge in [-0.2, -0.15) is 0 Å². The lowest BCUT2D eigenvalue weighted by Crippen LogP contribution is -2.11. The van der Waals surface area contributed by atoms with Crippen LogP contribution < -0.4 is 5.32 Å². The van der Waals surface area contributed by atoms with Crippen LogP contribution in [0.25, 0.3) is 0 Å². The molecule has 0 aliphatic rings. The number of aromatic hydroxyl groups is 1. The van der Waals surface area contributed by atoms with Gasteiger partial charge in [0.2, 0.25) is 0 Å². The molecule has 0 bridgehead atoms. The van der Waals surface area contributed by atoms with E-state index in [0.29, 0.717) is 5.56 Å². The maximum Gasteiger partial charge on any atom is 0.271 e. The zero-order valence-corrected chi connectivity index (χ0v) is 12.3. The lowest BCUT2D eigenvalue weighted by molar-refractivity contribution is -0.384. The highest BCUT2D eigenvalue weighted by molar-refractivity contribution is 14.1. The third-order valence-electron chi connectivity index (χ3n) is 2.27. The van der Waals surface area contributed by atoms with E-state index in [1.807, 2.05) is 0 Å². The van der Waals surface area contributed by atoms with E-state index in [1.54, 1.807) is 11.4 Å². The van der Waals surface area contributed by atoms with Gasteiger partial charge in [0, 0.05) is 17.5 Å². The number of anilines is 1. The summed E-state index contributed by atoms with van der Waals surface area (Å²) in [5.41, 5.74) is 0.258. The third kappa shape index (κ3) is 3.20. The largest absolute Gasteiger partial charge is 0.506 e. The summed E-state index contributed by atoms with van der Waals surface area (Å²) in [5.74, 6) is -0.640. The number of thiophene rings is 1. The number of carbonyl (C=O) groups is 1. The Balaban J connectivity index is 2.25. The monoisotopic (exact) mass is 390 g/mol. The molecule has 2 aromatic rings. The molecule has 0 aliphatic heterocycles. The maximum atomic E-state index is 11.9. The van der Waals surface area contributed by atoms with Crippen molar-refractivity contribution in [3.05, 3.63) is 48.2 Å². The summed E-state index contributed by atoms with van der Waals surface area (Å²) in [6, 6.07) is 5.14. The summed E-state index contributed by atoms with van der Waals surface area (Å²) in [6.45, 7) is 0. The van der Waals surface area contributed by atoms with Crippen LogP contribution in [0.5, 0.6) is 5.75 Å². The smallest absolute Gasteiger partial charge is 0.271 e. The number of nitrogens with one attached hydrogen (secondary N) is 1. The number of amides is 1. The van der Waals surface area contributed by atoms with E-state index in [0.717, 1.165) is 8.95 Å². The van der Waals surface area contributed by atoms with E-state index >= 15 is 0 Å². The van der Waals surface area contributed by atoms with Crippen LogP contribution in [0.15, 0.2) is 29.6 Å². The van der Waals surface area contributed by atoms with Crippen LogP contribution in [0.4, 0.5) is 11.4 Å². The minimum atomic E-state index is -0.595. The first-order valence-corrected chi connectivity index (χ1v) is 6.96. The topological polar surface area (TPSA) is 92.5 Å². The Morgan fingerprint density at radius 1 is 1.42 bits per heavy atom. The lowest BCUT2D eigenvalue weighted by Gasteiger charge is -2.05. The number of carbonyl (C=O) groups excluding carboxylic acids is 1. The van der Waals surface area contributed by atoms with Crippen LogP contribution in [0.3, 0.4) is 0 Å². The van der Waals surface area contributed by atoms with Gasteiger partial charge in [-0.25, -0.2) is 0 Å². The maximum absolute atomic E-state index is 11.9. The van der Waals surface area contributed by atoms with Gasteiger partial charge in [-0.1, -0.05) is 0 Å². The summed E-state index contributed by atoms with van der Waals surface area (Å²) in [5, 5.41) is 24.3. The second kappa shape index (κ2) is 5.53. The van der Waals surface area contributed by atoms with Crippen molar-refractivity contribution < 1.29 is 14.8 Å². The van der Waals surface area contributed by atoms with Crippen molar-refractivity contribution in [3.8, 4) is 5.75 Å². The first-order valence-electron chi connectivity index (χ1n) is 5.00. The molecule has 0 aliphatic carbocycles. The molecule has 1 aromatic carbocycles. The molecule has 0 unspecified atom stereocenters. The lowest BCUT2D eigenvalue weighted by atomic mass is 10.2. The van der Waals surface area contributed by atoms with Gasteiger partial charge >= 0.3 is 0 Å². The molecule has 1 aromatic heterocycles. The molecule has 0 atom stereocenters. The second-order valence-corrected chi connectivity index (χ2v) is 6.36. The zero-order chi connectivity index (χ0) is 14.0. The van der Waals surface area contributed by atoms with Crippen molar-refractivity contribution in [2.75, 3.05) is 5.32 Å². The summed E-state index contributed by atoms with van der Waals surface area (Å²) in [6.07, 6.45) is 0. The highest BCUT2D eigenvalue weighted by Gasteiger charge is 2.14. The molecule has 0 radical (unpaired) electrons. The van der Waals surface area contributed by atoms with Gasteiger partial charge in [-0.15, -0.1) is 11.3 Å². The third-order valence-corrected chi connectivity index (χ3v) is 4.06. The molecule has 0 fully saturated rings. The van der Waals surface area contributed by atoms with Gasteiger partial charge < -0.3 is 10.4 Å². The first-order chi connectivity index (χ1) is 8.97.